The molecule has 0 aliphatic heterocycles. The van der Waals surface area contributed by atoms with Gasteiger partial charge in [-0.05, 0) is 79.9 Å². The van der Waals surface area contributed by atoms with Crippen LogP contribution in [0.3, 0.4) is 0 Å². The molecule has 0 radical (unpaired) electrons. The van der Waals surface area contributed by atoms with Crippen molar-refractivity contribution < 1.29 is 27.1 Å². The van der Waals surface area contributed by atoms with Crippen molar-refractivity contribution in [3.63, 3.8) is 0 Å². The number of amides is 2. The highest BCUT2D eigenvalue weighted by Gasteiger charge is 2.35. The van der Waals surface area contributed by atoms with Crippen LogP contribution in [-0.4, -0.2) is 50.4 Å². The average molecular weight is 646 g/mol. The van der Waals surface area contributed by atoms with E-state index in [-0.39, 0.29) is 35.5 Å². The third-order valence-electron chi connectivity index (χ3n) is 7.58. The molecular formula is C36H40FN3O5S. The maximum atomic E-state index is 14.5. The van der Waals surface area contributed by atoms with E-state index >= 15 is 0 Å². The molecule has 4 aromatic carbocycles. The van der Waals surface area contributed by atoms with Crippen LogP contribution in [0.15, 0.2) is 114 Å². The topological polar surface area (TPSA) is 96.0 Å². The molecule has 4 rings (SSSR count). The fourth-order valence-corrected chi connectivity index (χ4v) is 6.34. The van der Waals surface area contributed by atoms with E-state index in [1.807, 2.05) is 51.1 Å². The summed E-state index contributed by atoms with van der Waals surface area (Å²) in [7, 11) is -4.22. The minimum absolute atomic E-state index is 0.0112. The van der Waals surface area contributed by atoms with E-state index in [0.717, 1.165) is 9.87 Å². The lowest BCUT2D eigenvalue weighted by molar-refractivity contribution is -0.140. The van der Waals surface area contributed by atoms with Crippen LogP contribution in [0.25, 0.3) is 0 Å². The minimum Gasteiger partial charge on any atom is -0.494 e. The summed E-state index contributed by atoms with van der Waals surface area (Å²) in [5, 5.41) is 3.00. The van der Waals surface area contributed by atoms with Crippen LogP contribution < -0.4 is 14.4 Å². The fourth-order valence-electron chi connectivity index (χ4n) is 4.91. The third-order valence-corrected chi connectivity index (χ3v) is 9.37. The summed E-state index contributed by atoms with van der Waals surface area (Å²) in [6.07, 6.45) is 0.862. The molecule has 1 N–H and O–H groups in total. The van der Waals surface area contributed by atoms with Crippen molar-refractivity contribution in [2.75, 3.05) is 17.5 Å². The zero-order valence-electron chi connectivity index (χ0n) is 26.3. The van der Waals surface area contributed by atoms with E-state index in [4.69, 9.17) is 4.74 Å². The fraction of sp³-hybridized carbons (Fsp3) is 0.278. The Labute approximate surface area is 270 Å². The molecule has 0 aliphatic carbocycles. The van der Waals surface area contributed by atoms with Crippen LogP contribution in [0.1, 0.15) is 38.3 Å². The predicted molar refractivity (Wildman–Crippen MR) is 177 cm³/mol. The van der Waals surface area contributed by atoms with Crippen molar-refractivity contribution in [2.45, 2.75) is 57.1 Å². The molecular weight excluding hydrogens is 605 g/mol. The number of hydrogen-bond donors (Lipinski definition) is 1. The second-order valence-corrected chi connectivity index (χ2v) is 12.8. The first-order valence-corrected chi connectivity index (χ1v) is 16.7. The van der Waals surface area contributed by atoms with E-state index in [0.29, 0.717) is 24.3 Å². The van der Waals surface area contributed by atoms with Gasteiger partial charge in [-0.1, -0.05) is 67.6 Å². The Morgan fingerprint density at radius 1 is 0.826 bits per heavy atom. The SMILES string of the molecule is CCOc1ccc(N(CC(=O)N(Cc2ccc(F)cc2)[C@H](Cc2ccccc2)C(=O)N[C@H](C)CC)S(=O)(=O)c2ccccc2)cc1. The van der Waals surface area contributed by atoms with Gasteiger partial charge in [0.25, 0.3) is 10.0 Å². The molecule has 0 bridgehead atoms. The van der Waals surface area contributed by atoms with Crippen LogP contribution in [0.4, 0.5) is 10.1 Å². The normalized spacial score (nSPS) is 12.5. The number of carbonyl (C=O) groups excluding carboxylic acids is 2. The molecule has 0 spiro atoms. The number of anilines is 1. The summed E-state index contributed by atoms with van der Waals surface area (Å²) < 4.78 is 48.6. The molecule has 0 fully saturated rings. The predicted octanol–water partition coefficient (Wildman–Crippen LogP) is 5.97. The summed E-state index contributed by atoms with van der Waals surface area (Å²) in [5.41, 5.74) is 1.66. The number of carbonyl (C=O) groups is 2. The first kappa shape index (κ1) is 34.2. The van der Waals surface area contributed by atoms with Gasteiger partial charge in [-0.3, -0.25) is 13.9 Å². The van der Waals surface area contributed by atoms with Gasteiger partial charge >= 0.3 is 0 Å². The quantitative estimate of drug-likeness (QED) is 0.172. The van der Waals surface area contributed by atoms with Gasteiger partial charge in [0.2, 0.25) is 11.8 Å². The number of nitrogens with zero attached hydrogens (tertiary/aromatic N) is 2. The summed E-state index contributed by atoms with van der Waals surface area (Å²) in [6.45, 7) is 5.47. The van der Waals surface area contributed by atoms with Crippen molar-refractivity contribution in [1.82, 2.24) is 10.2 Å². The maximum absolute atomic E-state index is 14.5. The first-order valence-electron chi connectivity index (χ1n) is 15.3. The smallest absolute Gasteiger partial charge is 0.264 e. The average Bonchev–Trinajstić information content (AvgIpc) is 3.07. The highest BCUT2D eigenvalue weighted by atomic mass is 32.2. The molecule has 0 aromatic heterocycles. The van der Waals surface area contributed by atoms with Gasteiger partial charge in [-0.25, -0.2) is 12.8 Å². The zero-order chi connectivity index (χ0) is 33.1. The Bertz CT molecular complexity index is 1670. The lowest BCUT2D eigenvalue weighted by Gasteiger charge is -2.34. The van der Waals surface area contributed by atoms with Gasteiger partial charge in [-0.2, -0.15) is 0 Å². The Morgan fingerprint density at radius 2 is 1.43 bits per heavy atom. The molecule has 0 unspecified atom stereocenters. The number of sulfonamides is 1. The van der Waals surface area contributed by atoms with E-state index in [1.54, 1.807) is 54.6 Å². The van der Waals surface area contributed by atoms with Crippen molar-refractivity contribution in [2.24, 2.45) is 0 Å². The molecule has 0 saturated carbocycles. The lowest BCUT2D eigenvalue weighted by atomic mass is 10.0. The molecule has 10 heteroatoms. The Kier molecular flexibility index (Phi) is 11.9. The van der Waals surface area contributed by atoms with Crippen LogP contribution in [0.2, 0.25) is 0 Å². The number of ether oxygens (including phenoxy) is 1. The maximum Gasteiger partial charge on any atom is 0.264 e. The Balaban J connectivity index is 1.79. The summed E-state index contributed by atoms with van der Waals surface area (Å²) >= 11 is 0. The van der Waals surface area contributed by atoms with E-state index in [9.17, 15) is 22.4 Å². The standard InChI is InChI=1S/C36H40FN3O5S/c1-4-27(3)38-36(42)34(24-28-12-8-6-9-13-28)39(25-29-16-18-30(37)19-17-29)35(41)26-40(31-20-22-32(23-21-31)45-5-2)46(43,44)33-14-10-7-11-15-33/h6-23,27,34H,4-5,24-26H2,1-3H3,(H,38,42)/t27-,34-/m1/s1. The monoisotopic (exact) mass is 645 g/mol. The highest BCUT2D eigenvalue weighted by molar-refractivity contribution is 7.92. The van der Waals surface area contributed by atoms with Crippen molar-refractivity contribution in [3.05, 3.63) is 126 Å². The largest absolute Gasteiger partial charge is 0.494 e. The molecule has 0 aliphatic rings. The Morgan fingerprint density at radius 3 is 2.02 bits per heavy atom. The van der Waals surface area contributed by atoms with Crippen LogP contribution >= 0.6 is 0 Å². The van der Waals surface area contributed by atoms with Gasteiger partial charge in [-0.15, -0.1) is 0 Å². The van der Waals surface area contributed by atoms with Gasteiger partial charge < -0.3 is 15.0 Å². The molecule has 2 atom stereocenters. The summed E-state index contributed by atoms with van der Waals surface area (Å²) in [6, 6.07) is 28.2. The van der Waals surface area contributed by atoms with Crippen molar-refractivity contribution in [3.8, 4) is 5.75 Å². The van der Waals surface area contributed by atoms with Gasteiger partial charge in [0.05, 0.1) is 17.2 Å². The number of halogens is 1. The van der Waals surface area contributed by atoms with E-state index < -0.39 is 34.3 Å². The highest BCUT2D eigenvalue weighted by Crippen LogP contribution is 2.27. The van der Waals surface area contributed by atoms with Crippen molar-refractivity contribution >= 4 is 27.5 Å². The van der Waals surface area contributed by atoms with E-state index in [1.165, 1.54) is 29.2 Å². The minimum atomic E-state index is -4.22. The third kappa shape index (κ3) is 8.94. The molecule has 2 amide bonds. The molecule has 0 saturated heterocycles. The van der Waals surface area contributed by atoms with E-state index in [2.05, 4.69) is 5.32 Å². The summed E-state index contributed by atoms with van der Waals surface area (Å²) in [4.78, 5) is 29.7. The molecule has 4 aromatic rings. The second-order valence-electron chi connectivity index (χ2n) is 10.9. The zero-order valence-corrected chi connectivity index (χ0v) is 27.1. The molecule has 0 heterocycles. The molecule has 242 valence electrons. The molecule has 46 heavy (non-hydrogen) atoms. The first-order chi connectivity index (χ1) is 22.1. The van der Waals surface area contributed by atoms with Gasteiger partial charge in [0, 0.05) is 19.0 Å². The van der Waals surface area contributed by atoms with Crippen LogP contribution in [0, 0.1) is 5.82 Å². The van der Waals surface area contributed by atoms with Crippen LogP contribution in [-0.2, 0) is 32.6 Å². The lowest BCUT2D eigenvalue weighted by Crippen LogP contribution is -2.54. The number of benzene rings is 4. The van der Waals surface area contributed by atoms with Gasteiger partial charge in [0.15, 0.2) is 0 Å². The number of nitrogens with one attached hydrogen (secondary N) is 1. The Hall–Kier alpha value is -4.70. The van der Waals surface area contributed by atoms with Crippen molar-refractivity contribution in [1.29, 1.82) is 0 Å². The number of hydrogen-bond acceptors (Lipinski definition) is 5. The summed E-state index contributed by atoms with van der Waals surface area (Å²) in [5.74, 6) is -0.852. The molecule has 8 nitrogen and oxygen atoms in total. The van der Waals surface area contributed by atoms with Crippen LogP contribution in [0.5, 0.6) is 5.75 Å². The number of rotatable bonds is 15. The van der Waals surface area contributed by atoms with Gasteiger partial charge in [0.1, 0.15) is 24.2 Å². The second kappa shape index (κ2) is 16.0.